The van der Waals surface area contributed by atoms with Gasteiger partial charge in [-0.25, -0.2) is 0 Å². The van der Waals surface area contributed by atoms with Gasteiger partial charge in [-0.05, 0) is 55.2 Å². The number of carbonyl (C=O) groups excluding carboxylic acids is 2. The number of hydrogen-bond donors (Lipinski definition) is 1. The molecule has 4 rings (SSSR count). The number of hydrogen-bond acceptors (Lipinski definition) is 4. The molecule has 6 nitrogen and oxygen atoms in total. The zero-order valence-corrected chi connectivity index (χ0v) is 22.5. The minimum absolute atomic E-state index is 0.111. The summed E-state index contributed by atoms with van der Waals surface area (Å²) in [5.41, 5.74) is -2.65. The van der Waals surface area contributed by atoms with Gasteiger partial charge in [-0.3, -0.25) is 9.59 Å². The van der Waals surface area contributed by atoms with Crippen LogP contribution in [0.15, 0.2) is 48.5 Å². The number of benzene rings is 2. The molecule has 2 aromatic rings. The lowest BCUT2D eigenvalue weighted by Gasteiger charge is -2.35. The average Bonchev–Trinajstić information content (AvgIpc) is 3.66. The van der Waals surface area contributed by atoms with Crippen molar-refractivity contribution in [2.45, 2.75) is 31.0 Å². The van der Waals surface area contributed by atoms with Crippen molar-refractivity contribution in [2.24, 2.45) is 17.8 Å². The maximum Gasteiger partial charge on any atom is 0.430 e. The minimum atomic E-state index is -5.14. The Labute approximate surface area is 226 Å². The highest BCUT2D eigenvalue weighted by molar-refractivity contribution is 6.34. The van der Waals surface area contributed by atoms with Crippen molar-refractivity contribution in [3.05, 3.63) is 64.7 Å². The molecule has 2 aliphatic rings. The topological polar surface area (TPSA) is 64.1 Å². The molecule has 206 valence electrons. The van der Waals surface area contributed by atoms with Gasteiger partial charge in [-0.1, -0.05) is 41.9 Å². The second kappa shape index (κ2) is 10.8. The molecular formula is C28H33ClF3N3O3. The van der Waals surface area contributed by atoms with Crippen molar-refractivity contribution < 1.29 is 27.9 Å². The molecule has 0 aromatic heterocycles. The highest BCUT2D eigenvalue weighted by atomic mass is 35.5. The normalized spacial score (nSPS) is 21.5. The van der Waals surface area contributed by atoms with Crippen molar-refractivity contribution in [3.63, 3.8) is 0 Å². The average molecular weight is 552 g/mol. The summed E-state index contributed by atoms with van der Waals surface area (Å²) in [6.07, 6.45) is -2.45. The molecule has 1 saturated carbocycles. The summed E-state index contributed by atoms with van der Waals surface area (Å²) >= 11 is 6.37. The number of carbonyl (C=O) groups is 2. The number of aliphatic hydroxyl groups is 1. The lowest BCUT2D eigenvalue weighted by Crippen LogP contribution is -2.55. The summed E-state index contributed by atoms with van der Waals surface area (Å²) in [7, 11) is 4.68. The summed E-state index contributed by atoms with van der Waals surface area (Å²) < 4.78 is 41.7. The predicted octanol–water partition coefficient (Wildman–Crippen LogP) is 4.80. The molecule has 0 spiro atoms. The van der Waals surface area contributed by atoms with E-state index in [9.17, 15) is 27.9 Å². The Balaban J connectivity index is 1.33. The number of piperidine rings is 1. The first-order valence-corrected chi connectivity index (χ1v) is 13.1. The number of likely N-dealkylation sites (N-methyl/N-ethyl adjacent to an activating group) is 1. The Kier molecular flexibility index (Phi) is 8.00. The number of amides is 2. The maximum atomic E-state index is 13.9. The molecule has 1 aliphatic heterocycles. The summed E-state index contributed by atoms with van der Waals surface area (Å²) in [5.74, 6) is -0.641. The van der Waals surface area contributed by atoms with Gasteiger partial charge in [0.05, 0.1) is 10.6 Å². The lowest BCUT2D eigenvalue weighted by atomic mass is 9.90. The van der Waals surface area contributed by atoms with Crippen LogP contribution in [0.25, 0.3) is 0 Å². The van der Waals surface area contributed by atoms with Gasteiger partial charge in [0.25, 0.3) is 17.4 Å². The Morgan fingerprint density at radius 1 is 1.05 bits per heavy atom. The van der Waals surface area contributed by atoms with Crippen LogP contribution in [0.3, 0.4) is 0 Å². The Morgan fingerprint density at radius 2 is 1.68 bits per heavy atom. The van der Waals surface area contributed by atoms with Crippen LogP contribution in [0.5, 0.6) is 0 Å². The molecular weight excluding hydrogens is 519 g/mol. The van der Waals surface area contributed by atoms with Gasteiger partial charge in [-0.2, -0.15) is 13.2 Å². The van der Waals surface area contributed by atoms with Gasteiger partial charge in [0, 0.05) is 52.0 Å². The van der Waals surface area contributed by atoms with E-state index in [1.54, 1.807) is 20.2 Å². The Bertz CT molecular complexity index is 1170. The molecule has 1 aliphatic carbocycles. The van der Waals surface area contributed by atoms with Crippen molar-refractivity contribution in [2.75, 3.05) is 45.7 Å². The van der Waals surface area contributed by atoms with E-state index >= 15 is 0 Å². The fourth-order valence-electron chi connectivity index (χ4n) is 5.56. The fraction of sp³-hybridized carbons (Fsp3) is 0.500. The monoisotopic (exact) mass is 551 g/mol. The molecule has 3 atom stereocenters. The van der Waals surface area contributed by atoms with Crippen LogP contribution >= 0.6 is 11.6 Å². The highest BCUT2D eigenvalue weighted by Crippen LogP contribution is 2.49. The van der Waals surface area contributed by atoms with Crippen molar-refractivity contribution in [3.8, 4) is 0 Å². The summed E-state index contributed by atoms with van der Waals surface area (Å²) in [4.78, 5) is 29.9. The van der Waals surface area contributed by atoms with Crippen LogP contribution in [0.2, 0.25) is 5.02 Å². The quantitative estimate of drug-likeness (QED) is 0.537. The summed E-state index contributed by atoms with van der Waals surface area (Å²) in [6.45, 7) is 1.79. The molecule has 2 fully saturated rings. The van der Waals surface area contributed by atoms with Gasteiger partial charge in [0.2, 0.25) is 0 Å². The molecule has 1 heterocycles. The molecule has 0 radical (unpaired) electrons. The molecule has 38 heavy (non-hydrogen) atoms. The van der Waals surface area contributed by atoms with Gasteiger partial charge >= 0.3 is 6.18 Å². The first kappa shape index (κ1) is 28.2. The van der Waals surface area contributed by atoms with E-state index in [4.69, 9.17) is 11.6 Å². The Morgan fingerprint density at radius 3 is 2.24 bits per heavy atom. The second-order valence-corrected chi connectivity index (χ2v) is 11.0. The van der Waals surface area contributed by atoms with E-state index in [2.05, 4.69) is 4.90 Å². The number of halogens is 4. The van der Waals surface area contributed by atoms with Crippen molar-refractivity contribution in [1.29, 1.82) is 0 Å². The van der Waals surface area contributed by atoms with E-state index < -0.39 is 23.2 Å². The molecule has 1 N–H and O–H groups in total. The first-order chi connectivity index (χ1) is 17.8. The molecule has 10 heteroatoms. The van der Waals surface area contributed by atoms with Gasteiger partial charge in [-0.15, -0.1) is 0 Å². The minimum Gasteiger partial charge on any atom is -0.371 e. The second-order valence-electron chi connectivity index (χ2n) is 10.6. The molecule has 0 bridgehead atoms. The van der Waals surface area contributed by atoms with Crippen LogP contribution in [0, 0.1) is 17.8 Å². The summed E-state index contributed by atoms with van der Waals surface area (Å²) in [5, 5.41) is 11.0. The van der Waals surface area contributed by atoms with E-state index in [-0.39, 0.29) is 18.4 Å². The van der Waals surface area contributed by atoms with E-state index in [1.165, 1.54) is 30.1 Å². The Hall–Kier alpha value is -2.78. The number of nitrogens with zero attached hydrogens (tertiary/aromatic N) is 3. The molecule has 1 unspecified atom stereocenters. The van der Waals surface area contributed by atoms with Crippen LogP contribution in [0.1, 0.15) is 35.2 Å². The largest absolute Gasteiger partial charge is 0.430 e. The first-order valence-electron chi connectivity index (χ1n) is 12.7. The van der Waals surface area contributed by atoms with E-state index in [1.807, 2.05) is 12.1 Å². The molecule has 1 saturated heterocycles. The zero-order chi connectivity index (χ0) is 27.8. The molecule has 2 aromatic carbocycles. The summed E-state index contributed by atoms with van der Waals surface area (Å²) in [6, 6.07) is 12.0. The predicted molar refractivity (Wildman–Crippen MR) is 140 cm³/mol. The SMILES string of the molecule is CN(C)C(=O)c1ccc(N2CCC([C@H]3C[C@H]3CN(C)C(=O)C(O)(c3ccccc3)C(F)(F)F)CC2)cc1Cl. The fourth-order valence-corrected chi connectivity index (χ4v) is 5.81. The van der Waals surface area contributed by atoms with Crippen molar-refractivity contribution in [1.82, 2.24) is 9.80 Å². The maximum absolute atomic E-state index is 13.9. The van der Waals surface area contributed by atoms with Crippen LogP contribution in [-0.2, 0) is 10.4 Å². The van der Waals surface area contributed by atoms with Crippen LogP contribution < -0.4 is 4.90 Å². The van der Waals surface area contributed by atoms with E-state index in [0.29, 0.717) is 22.4 Å². The number of alkyl halides is 3. The third kappa shape index (κ3) is 5.50. The van der Waals surface area contributed by atoms with E-state index in [0.717, 1.165) is 55.1 Å². The number of rotatable bonds is 7. The standard InChI is InChI=1S/C28H33ClF3N3O3/c1-33(2)25(36)22-10-9-21(16-24(22)29)35-13-11-18(12-14-35)23-15-19(23)17-34(3)26(37)27(38,28(30,31)32)20-7-5-4-6-8-20/h4-10,16,18-19,23,38H,11-15,17H2,1-3H3/t19-,23+,27?/m0/s1. The lowest BCUT2D eigenvalue weighted by molar-refractivity contribution is -0.261. The van der Waals surface area contributed by atoms with Crippen molar-refractivity contribution >= 4 is 29.1 Å². The van der Waals surface area contributed by atoms with Crippen LogP contribution in [0.4, 0.5) is 18.9 Å². The molecule has 2 amide bonds. The highest BCUT2D eigenvalue weighted by Gasteiger charge is 2.62. The van der Waals surface area contributed by atoms with Gasteiger partial charge in [0.15, 0.2) is 0 Å². The van der Waals surface area contributed by atoms with Crippen LogP contribution in [-0.4, -0.2) is 73.7 Å². The van der Waals surface area contributed by atoms with Gasteiger partial charge < -0.3 is 19.8 Å². The smallest absolute Gasteiger partial charge is 0.371 e. The number of anilines is 1. The third-order valence-corrected chi connectivity index (χ3v) is 8.16. The van der Waals surface area contributed by atoms with Gasteiger partial charge in [0.1, 0.15) is 0 Å². The zero-order valence-electron chi connectivity index (χ0n) is 21.7. The third-order valence-electron chi connectivity index (χ3n) is 7.84.